The topological polar surface area (TPSA) is 42.2 Å². The zero-order chi connectivity index (χ0) is 14.2. The van der Waals surface area contributed by atoms with Crippen LogP contribution in [0.25, 0.3) is 0 Å². The molecule has 96 valence electrons. The monoisotopic (exact) mass is 254 g/mol. The molecule has 2 aromatic rings. The normalized spacial score (nSPS) is 10.4. The van der Waals surface area contributed by atoms with E-state index in [0.717, 1.165) is 11.1 Å². The van der Waals surface area contributed by atoms with E-state index in [4.69, 9.17) is 16.1 Å². The first-order valence-electron chi connectivity index (χ1n) is 6.63. The lowest BCUT2D eigenvalue weighted by atomic mass is 10.1. The van der Waals surface area contributed by atoms with Crippen LogP contribution >= 0.6 is 0 Å². The van der Waals surface area contributed by atoms with Crippen molar-refractivity contribution in [2.24, 2.45) is 0 Å². The Kier molecular flexibility index (Phi) is 3.95. The van der Waals surface area contributed by atoms with Crippen LogP contribution in [0.3, 0.4) is 0 Å². The van der Waals surface area contributed by atoms with Gasteiger partial charge in [-0.05, 0) is 23.3 Å². The van der Waals surface area contributed by atoms with Crippen LogP contribution in [0.15, 0.2) is 48.5 Å². The van der Waals surface area contributed by atoms with E-state index in [9.17, 15) is 0 Å². The fourth-order valence-corrected chi connectivity index (χ4v) is 1.72. The van der Waals surface area contributed by atoms with E-state index in [-0.39, 0.29) is 7.09 Å². The Morgan fingerprint density at radius 1 is 1.11 bits per heavy atom. The SMILES string of the molecule is [2H]COc1cc(CC#N)ccc1OCc1ccccc1. The van der Waals surface area contributed by atoms with Gasteiger partial charge < -0.3 is 9.47 Å². The van der Waals surface area contributed by atoms with Crippen LogP contribution in [-0.2, 0) is 13.0 Å². The Bertz CT molecular complexity index is 593. The van der Waals surface area contributed by atoms with E-state index in [1.165, 1.54) is 0 Å². The summed E-state index contributed by atoms with van der Waals surface area (Å²) in [5.74, 6) is 1.09. The summed E-state index contributed by atoms with van der Waals surface area (Å²) in [7, 11) is -0.183. The van der Waals surface area contributed by atoms with Gasteiger partial charge in [-0.1, -0.05) is 36.4 Å². The highest BCUT2D eigenvalue weighted by Gasteiger charge is 2.06. The minimum absolute atomic E-state index is 0.183. The summed E-state index contributed by atoms with van der Waals surface area (Å²) in [6.07, 6.45) is 0.313. The second kappa shape index (κ2) is 6.46. The molecule has 0 saturated heterocycles. The Morgan fingerprint density at radius 2 is 1.95 bits per heavy atom. The summed E-state index contributed by atoms with van der Waals surface area (Å²) in [5.41, 5.74) is 1.91. The van der Waals surface area contributed by atoms with Crippen molar-refractivity contribution in [2.45, 2.75) is 13.0 Å². The predicted molar refractivity (Wildman–Crippen MR) is 73.1 cm³/mol. The minimum atomic E-state index is -0.183. The smallest absolute Gasteiger partial charge is 0.161 e. The molecule has 0 amide bonds. The third-order valence-electron chi connectivity index (χ3n) is 2.68. The van der Waals surface area contributed by atoms with Gasteiger partial charge in [0.05, 0.1) is 20.9 Å². The molecule has 3 nitrogen and oxygen atoms in total. The van der Waals surface area contributed by atoms with Crippen molar-refractivity contribution in [3.8, 4) is 17.6 Å². The van der Waals surface area contributed by atoms with Gasteiger partial charge in [-0.2, -0.15) is 5.26 Å². The molecule has 0 fully saturated rings. The number of hydrogen-bond acceptors (Lipinski definition) is 3. The molecule has 2 rings (SSSR count). The first-order valence-corrected chi connectivity index (χ1v) is 5.92. The van der Waals surface area contributed by atoms with Crippen molar-refractivity contribution >= 4 is 0 Å². The first kappa shape index (κ1) is 11.6. The fraction of sp³-hybridized carbons (Fsp3) is 0.188. The standard InChI is InChI=1S/C16H15NO2/c1-18-16-11-13(9-10-17)7-8-15(16)19-12-14-5-3-2-4-6-14/h2-8,11H,9,12H2,1H3/i1D. The van der Waals surface area contributed by atoms with Crippen LogP contribution < -0.4 is 9.47 Å². The Labute approximate surface area is 114 Å². The van der Waals surface area contributed by atoms with Gasteiger partial charge in [-0.25, -0.2) is 0 Å². The molecule has 0 heterocycles. The van der Waals surface area contributed by atoms with Gasteiger partial charge in [0.15, 0.2) is 11.5 Å². The number of rotatable bonds is 5. The van der Waals surface area contributed by atoms with E-state index in [2.05, 4.69) is 6.07 Å². The molecule has 0 aliphatic rings. The third-order valence-corrected chi connectivity index (χ3v) is 2.68. The van der Waals surface area contributed by atoms with Crippen molar-refractivity contribution in [1.82, 2.24) is 0 Å². The lowest BCUT2D eigenvalue weighted by Crippen LogP contribution is -1.98. The lowest BCUT2D eigenvalue weighted by Gasteiger charge is -2.11. The molecular formula is C16H15NO2. The summed E-state index contributed by atoms with van der Waals surface area (Å²) in [4.78, 5) is 0. The summed E-state index contributed by atoms with van der Waals surface area (Å²) in [6, 6.07) is 17.3. The zero-order valence-electron chi connectivity index (χ0n) is 11.5. The first-order chi connectivity index (χ1) is 9.83. The second-order valence-electron chi connectivity index (χ2n) is 4.03. The number of ether oxygens (including phenoxy) is 2. The average Bonchev–Trinajstić information content (AvgIpc) is 2.48. The average molecular weight is 254 g/mol. The predicted octanol–water partition coefficient (Wildman–Crippen LogP) is 3.34. The van der Waals surface area contributed by atoms with Crippen molar-refractivity contribution in [3.05, 3.63) is 59.7 Å². The zero-order valence-corrected chi connectivity index (χ0v) is 10.5. The Balaban J connectivity index is 2.12. The van der Waals surface area contributed by atoms with Crippen LogP contribution in [0, 0.1) is 11.3 Å². The molecule has 0 radical (unpaired) electrons. The van der Waals surface area contributed by atoms with Gasteiger partial charge in [0.2, 0.25) is 0 Å². The van der Waals surface area contributed by atoms with Gasteiger partial charge in [0, 0.05) is 0 Å². The van der Waals surface area contributed by atoms with Crippen molar-refractivity contribution in [3.63, 3.8) is 0 Å². The molecule has 0 aromatic heterocycles. The maximum atomic E-state index is 8.70. The van der Waals surface area contributed by atoms with Crippen LogP contribution in [-0.4, -0.2) is 7.09 Å². The largest absolute Gasteiger partial charge is 0.493 e. The van der Waals surface area contributed by atoms with Crippen molar-refractivity contribution in [1.29, 1.82) is 5.26 Å². The quantitative estimate of drug-likeness (QED) is 0.821. The highest BCUT2D eigenvalue weighted by Crippen LogP contribution is 2.28. The van der Waals surface area contributed by atoms with Gasteiger partial charge in [-0.3, -0.25) is 0 Å². The van der Waals surface area contributed by atoms with Crippen LogP contribution in [0.4, 0.5) is 0 Å². The van der Waals surface area contributed by atoms with Crippen molar-refractivity contribution < 1.29 is 10.8 Å². The van der Waals surface area contributed by atoms with Crippen molar-refractivity contribution in [2.75, 3.05) is 7.09 Å². The Morgan fingerprint density at radius 3 is 2.68 bits per heavy atom. The summed E-state index contributed by atoms with van der Waals surface area (Å²) >= 11 is 0. The molecule has 19 heavy (non-hydrogen) atoms. The summed E-state index contributed by atoms with van der Waals surface area (Å²) in [5, 5.41) is 8.70. The molecule has 0 N–H and O–H groups in total. The van der Waals surface area contributed by atoms with E-state index in [1.807, 2.05) is 36.4 Å². The molecular weight excluding hydrogens is 238 g/mol. The maximum absolute atomic E-state index is 8.70. The molecule has 0 spiro atoms. The minimum Gasteiger partial charge on any atom is -0.493 e. The molecule has 3 heteroatoms. The molecule has 0 bridgehead atoms. The molecule has 0 aliphatic heterocycles. The molecule has 0 saturated carbocycles. The molecule has 0 atom stereocenters. The molecule has 2 aromatic carbocycles. The number of benzene rings is 2. The van der Waals surface area contributed by atoms with Gasteiger partial charge >= 0.3 is 0 Å². The van der Waals surface area contributed by atoms with Crippen LogP contribution in [0.1, 0.15) is 12.5 Å². The summed E-state index contributed by atoms with van der Waals surface area (Å²) < 4.78 is 18.1. The number of hydrogen-bond donors (Lipinski definition) is 0. The maximum Gasteiger partial charge on any atom is 0.161 e. The van der Waals surface area contributed by atoms with E-state index >= 15 is 0 Å². The lowest BCUT2D eigenvalue weighted by molar-refractivity contribution is 0.284. The molecule has 0 unspecified atom stereocenters. The molecule has 0 aliphatic carbocycles. The van der Waals surface area contributed by atoms with Gasteiger partial charge in [-0.15, -0.1) is 0 Å². The number of methoxy groups -OCH3 is 1. The fourth-order valence-electron chi connectivity index (χ4n) is 1.72. The van der Waals surface area contributed by atoms with E-state index < -0.39 is 0 Å². The second-order valence-corrected chi connectivity index (χ2v) is 4.03. The van der Waals surface area contributed by atoms with E-state index in [0.29, 0.717) is 24.5 Å². The highest BCUT2D eigenvalue weighted by molar-refractivity contribution is 5.43. The van der Waals surface area contributed by atoms with Gasteiger partial charge in [0.25, 0.3) is 0 Å². The van der Waals surface area contributed by atoms with Gasteiger partial charge in [0.1, 0.15) is 6.61 Å². The number of nitrogens with zero attached hydrogens (tertiary/aromatic N) is 1. The summed E-state index contributed by atoms with van der Waals surface area (Å²) in [6.45, 7) is 0.437. The van der Waals surface area contributed by atoms with Crippen LogP contribution in [0.5, 0.6) is 11.5 Å². The van der Waals surface area contributed by atoms with E-state index in [1.54, 1.807) is 12.1 Å². The third kappa shape index (κ3) is 3.49. The Hall–Kier alpha value is -2.47. The van der Waals surface area contributed by atoms with Crippen LogP contribution in [0.2, 0.25) is 0 Å². The highest BCUT2D eigenvalue weighted by atomic mass is 16.5. The number of nitriles is 1.